The van der Waals surface area contributed by atoms with Gasteiger partial charge in [-0.05, 0) is 23.3 Å². The van der Waals surface area contributed by atoms with Crippen molar-refractivity contribution in [2.75, 3.05) is 25.6 Å². The highest BCUT2D eigenvalue weighted by atomic mass is 16.5. The summed E-state index contributed by atoms with van der Waals surface area (Å²) < 4.78 is 5.40. The van der Waals surface area contributed by atoms with Gasteiger partial charge in [-0.3, -0.25) is 4.79 Å². The maximum absolute atomic E-state index is 11.7. The second kappa shape index (κ2) is 8.20. The molecule has 0 atom stereocenters. The van der Waals surface area contributed by atoms with Gasteiger partial charge in [0, 0.05) is 26.3 Å². The predicted molar refractivity (Wildman–Crippen MR) is 88.7 cm³/mol. The molecule has 0 saturated heterocycles. The first kappa shape index (κ1) is 16.0. The third-order valence-corrected chi connectivity index (χ3v) is 3.29. The van der Waals surface area contributed by atoms with Gasteiger partial charge in [0.15, 0.2) is 0 Å². The van der Waals surface area contributed by atoms with E-state index in [0.717, 1.165) is 16.8 Å². The van der Waals surface area contributed by atoms with Crippen LogP contribution in [-0.4, -0.2) is 26.6 Å². The van der Waals surface area contributed by atoms with E-state index in [-0.39, 0.29) is 12.5 Å². The second-order valence-electron chi connectivity index (χ2n) is 5.32. The van der Waals surface area contributed by atoms with Crippen LogP contribution in [0.15, 0.2) is 54.6 Å². The van der Waals surface area contributed by atoms with Crippen LogP contribution >= 0.6 is 0 Å². The molecule has 116 valence electrons. The summed E-state index contributed by atoms with van der Waals surface area (Å²) in [6.45, 7) is 1.04. The van der Waals surface area contributed by atoms with Crippen LogP contribution in [0.3, 0.4) is 0 Å². The highest BCUT2D eigenvalue weighted by molar-refractivity contribution is 5.77. The van der Waals surface area contributed by atoms with Crippen LogP contribution in [0.4, 0.5) is 5.69 Å². The topological polar surface area (TPSA) is 41.6 Å². The van der Waals surface area contributed by atoms with E-state index < -0.39 is 0 Å². The Balaban J connectivity index is 1.69. The zero-order valence-electron chi connectivity index (χ0n) is 13.1. The van der Waals surface area contributed by atoms with Crippen molar-refractivity contribution in [3.8, 4) is 0 Å². The quantitative estimate of drug-likeness (QED) is 0.854. The summed E-state index contributed by atoms with van der Waals surface area (Å²) in [5, 5.41) is 2.86. The van der Waals surface area contributed by atoms with Gasteiger partial charge in [-0.2, -0.15) is 0 Å². The highest BCUT2D eigenvalue weighted by Gasteiger charge is 2.02. The monoisotopic (exact) mass is 298 g/mol. The Morgan fingerprint density at radius 2 is 1.68 bits per heavy atom. The summed E-state index contributed by atoms with van der Waals surface area (Å²) in [6, 6.07) is 17.9. The molecular weight excluding hydrogens is 276 g/mol. The van der Waals surface area contributed by atoms with Crippen LogP contribution in [0.5, 0.6) is 0 Å². The van der Waals surface area contributed by atoms with Crippen molar-refractivity contribution in [2.45, 2.75) is 13.2 Å². The van der Waals surface area contributed by atoms with Gasteiger partial charge >= 0.3 is 0 Å². The summed E-state index contributed by atoms with van der Waals surface area (Å²) in [5.74, 6) is -0.104. The van der Waals surface area contributed by atoms with E-state index in [2.05, 4.69) is 5.32 Å². The number of ether oxygens (including phenoxy) is 1. The lowest BCUT2D eigenvalue weighted by Gasteiger charge is -2.13. The minimum Gasteiger partial charge on any atom is -0.378 e. The van der Waals surface area contributed by atoms with Gasteiger partial charge < -0.3 is 15.0 Å². The number of rotatable bonds is 7. The van der Waals surface area contributed by atoms with E-state index in [1.807, 2.05) is 73.6 Å². The van der Waals surface area contributed by atoms with Crippen LogP contribution in [0.2, 0.25) is 0 Å². The van der Waals surface area contributed by atoms with Crippen LogP contribution in [-0.2, 0) is 22.7 Å². The Kier molecular flexibility index (Phi) is 5.98. The van der Waals surface area contributed by atoms with Crippen molar-refractivity contribution in [3.05, 3.63) is 65.7 Å². The highest BCUT2D eigenvalue weighted by Crippen LogP contribution is 2.11. The van der Waals surface area contributed by atoms with Crippen molar-refractivity contribution in [2.24, 2.45) is 0 Å². The molecule has 0 fully saturated rings. The molecule has 22 heavy (non-hydrogen) atoms. The fraction of sp³-hybridized carbons (Fsp3) is 0.278. The molecule has 2 aromatic rings. The van der Waals surface area contributed by atoms with Gasteiger partial charge in [-0.25, -0.2) is 0 Å². The van der Waals surface area contributed by atoms with Crippen molar-refractivity contribution in [1.82, 2.24) is 5.32 Å². The van der Waals surface area contributed by atoms with Crippen molar-refractivity contribution < 1.29 is 9.53 Å². The fourth-order valence-corrected chi connectivity index (χ4v) is 2.00. The molecule has 0 bridgehead atoms. The molecule has 0 aromatic heterocycles. The predicted octanol–water partition coefficient (Wildman–Crippen LogP) is 2.59. The number of nitrogens with one attached hydrogen (secondary N) is 1. The first-order chi connectivity index (χ1) is 10.6. The zero-order chi connectivity index (χ0) is 15.8. The molecular formula is C18H22N2O2. The van der Waals surface area contributed by atoms with E-state index in [1.165, 1.54) is 0 Å². The first-order valence-corrected chi connectivity index (χ1v) is 7.30. The maximum Gasteiger partial charge on any atom is 0.246 e. The van der Waals surface area contributed by atoms with Crippen LogP contribution < -0.4 is 10.2 Å². The Morgan fingerprint density at radius 3 is 2.32 bits per heavy atom. The normalized spacial score (nSPS) is 10.3. The molecule has 0 radical (unpaired) electrons. The molecule has 0 unspecified atom stereocenters. The van der Waals surface area contributed by atoms with Crippen LogP contribution in [0.1, 0.15) is 11.1 Å². The Labute approximate surface area is 131 Å². The average molecular weight is 298 g/mol. The van der Waals surface area contributed by atoms with Crippen molar-refractivity contribution in [1.29, 1.82) is 0 Å². The lowest BCUT2D eigenvalue weighted by atomic mass is 10.2. The lowest BCUT2D eigenvalue weighted by Crippen LogP contribution is -2.27. The third kappa shape index (κ3) is 5.22. The number of carbonyl (C=O) groups is 1. The third-order valence-electron chi connectivity index (χ3n) is 3.29. The number of carbonyl (C=O) groups excluding carboxylic acids is 1. The number of hydrogen-bond acceptors (Lipinski definition) is 3. The summed E-state index contributed by atoms with van der Waals surface area (Å²) >= 11 is 0. The lowest BCUT2D eigenvalue weighted by molar-refractivity contribution is -0.126. The minimum atomic E-state index is -0.104. The van der Waals surface area contributed by atoms with E-state index in [1.54, 1.807) is 0 Å². The van der Waals surface area contributed by atoms with E-state index in [4.69, 9.17) is 4.74 Å². The Morgan fingerprint density at radius 1 is 1.00 bits per heavy atom. The summed E-state index contributed by atoms with van der Waals surface area (Å²) in [4.78, 5) is 13.8. The molecule has 1 amide bonds. The van der Waals surface area contributed by atoms with Crippen LogP contribution in [0.25, 0.3) is 0 Å². The molecule has 0 heterocycles. The largest absolute Gasteiger partial charge is 0.378 e. The minimum absolute atomic E-state index is 0.0741. The smallest absolute Gasteiger partial charge is 0.246 e. The standard InChI is InChI=1S/C18H22N2O2/c1-20(2)17-10-8-15(9-11-17)12-19-18(21)14-22-13-16-6-4-3-5-7-16/h3-11H,12-14H2,1-2H3,(H,19,21). The van der Waals surface area contributed by atoms with Gasteiger partial charge in [0.25, 0.3) is 0 Å². The summed E-state index contributed by atoms with van der Waals surface area (Å²) in [7, 11) is 4.00. The van der Waals surface area contributed by atoms with Gasteiger partial charge in [-0.15, -0.1) is 0 Å². The van der Waals surface area contributed by atoms with Crippen molar-refractivity contribution >= 4 is 11.6 Å². The Bertz CT molecular complexity index is 580. The number of nitrogens with zero attached hydrogens (tertiary/aromatic N) is 1. The van der Waals surface area contributed by atoms with Gasteiger partial charge in [-0.1, -0.05) is 42.5 Å². The number of benzene rings is 2. The fourth-order valence-electron chi connectivity index (χ4n) is 2.00. The molecule has 0 saturated carbocycles. The SMILES string of the molecule is CN(C)c1ccc(CNC(=O)COCc2ccccc2)cc1. The molecule has 0 spiro atoms. The molecule has 4 nitrogen and oxygen atoms in total. The van der Waals surface area contributed by atoms with E-state index in [0.29, 0.717) is 13.2 Å². The molecule has 4 heteroatoms. The molecule has 0 aliphatic heterocycles. The molecule has 2 aromatic carbocycles. The summed E-state index contributed by atoms with van der Waals surface area (Å²) in [5.41, 5.74) is 3.28. The van der Waals surface area contributed by atoms with Gasteiger partial charge in [0.1, 0.15) is 6.61 Å². The molecule has 2 rings (SSSR count). The number of anilines is 1. The van der Waals surface area contributed by atoms with Gasteiger partial charge in [0.05, 0.1) is 6.61 Å². The van der Waals surface area contributed by atoms with E-state index >= 15 is 0 Å². The first-order valence-electron chi connectivity index (χ1n) is 7.30. The number of hydrogen-bond donors (Lipinski definition) is 1. The molecule has 0 aliphatic rings. The zero-order valence-corrected chi connectivity index (χ0v) is 13.1. The van der Waals surface area contributed by atoms with Crippen LogP contribution in [0, 0.1) is 0 Å². The maximum atomic E-state index is 11.7. The van der Waals surface area contributed by atoms with Crippen molar-refractivity contribution in [3.63, 3.8) is 0 Å². The molecule has 0 aliphatic carbocycles. The second-order valence-corrected chi connectivity index (χ2v) is 5.32. The van der Waals surface area contributed by atoms with Gasteiger partial charge in [0.2, 0.25) is 5.91 Å². The van der Waals surface area contributed by atoms with E-state index in [9.17, 15) is 4.79 Å². The average Bonchev–Trinajstić information content (AvgIpc) is 2.54. The molecule has 1 N–H and O–H groups in total. The summed E-state index contributed by atoms with van der Waals surface area (Å²) in [6.07, 6.45) is 0. The number of amides is 1. The Hall–Kier alpha value is -2.33.